The predicted molar refractivity (Wildman–Crippen MR) is 101 cm³/mol. The smallest absolute Gasteiger partial charge is 0.349 e. The third-order valence-electron chi connectivity index (χ3n) is 4.15. The molecule has 0 aliphatic carbocycles. The van der Waals surface area contributed by atoms with Gasteiger partial charge in [0.25, 0.3) is 0 Å². The maximum absolute atomic E-state index is 12.9. The summed E-state index contributed by atoms with van der Waals surface area (Å²) in [4.78, 5) is 12.2. The molecule has 2 heterocycles. The number of piperidine rings is 1. The molecule has 0 radical (unpaired) electrons. The van der Waals surface area contributed by atoms with Gasteiger partial charge in [0.2, 0.25) is 10.0 Å². The molecule has 6 nitrogen and oxygen atoms in total. The summed E-state index contributed by atoms with van der Waals surface area (Å²) < 4.78 is 33.9. The third kappa shape index (κ3) is 4.32. The van der Waals surface area contributed by atoms with Crippen molar-refractivity contribution in [1.29, 1.82) is 0 Å². The minimum atomic E-state index is -3.80. The molecular formula is C16H21ClN2O4S2. The zero-order chi connectivity index (χ0) is 17.2. The molecule has 3 rings (SSSR count). The van der Waals surface area contributed by atoms with Crippen LogP contribution in [-0.2, 0) is 14.8 Å². The van der Waals surface area contributed by atoms with Gasteiger partial charge in [0.05, 0.1) is 7.11 Å². The van der Waals surface area contributed by atoms with Crippen LogP contribution in [0.1, 0.15) is 22.5 Å². The first-order chi connectivity index (χ1) is 11.5. The van der Waals surface area contributed by atoms with Gasteiger partial charge in [0.1, 0.15) is 9.77 Å². The molecule has 1 aliphatic rings. The van der Waals surface area contributed by atoms with Gasteiger partial charge >= 0.3 is 5.97 Å². The Morgan fingerprint density at radius 3 is 2.84 bits per heavy atom. The largest absolute Gasteiger partial charge is 0.465 e. The predicted octanol–water partition coefficient (Wildman–Crippen LogP) is 2.39. The van der Waals surface area contributed by atoms with Crippen LogP contribution in [0.25, 0.3) is 10.1 Å². The fourth-order valence-corrected chi connectivity index (χ4v) is 5.84. The Morgan fingerprint density at radius 1 is 1.40 bits per heavy atom. The zero-order valence-electron chi connectivity index (χ0n) is 13.8. The molecule has 25 heavy (non-hydrogen) atoms. The topological polar surface area (TPSA) is 84.5 Å². The summed E-state index contributed by atoms with van der Waals surface area (Å²) in [5.74, 6) is -0.365. The lowest BCUT2D eigenvalue weighted by Crippen LogP contribution is -2.38. The van der Waals surface area contributed by atoms with Crippen molar-refractivity contribution in [3.05, 3.63) is 29.1 Å². The van der Waals surface area contributed by atoms with Crippen LogP contribution < -0.4 is 10.0 Å². The number of benzene rings is 1. The summed E-state index contributed by atoms with van der Waals surface area (Å²) in [5, 5.41) is 3.82. The average Bonchev–Trinajstić information content (AvgIpc) is 3.00. The molecule has 1 fully saturated rings. The number of carbonyl (C=O) groups is 1. The van der Waals surface area contributed by atoms with Gasteiger partial charge in [-0.15, -0.1) is 23.7 Å². The first-order valence-electron chi connectivity index (χ1n) is 7.83. The molecule has 2 N–H and O–H groups in total. The van der Waals surface area contributed by atoms with Crippen molar-refractivity contribution in [1.82, 2.24) is 10.0 Å². The van der Waals surface area contributed by atoms with Gasteiger partial charge in [0, 0.05) is 16.6 Å². The number of hydrogen-bond acceptors (Lipinski definition) is 6. The van der Waals surface area contributed by atoms with Crippen LogP contribution in [0.2, 0.25) is 0 Å². The SMILES string of the molecule is COC(=O)c1sc2ccccc2c1S(=O)(=O)NCC1CCCNC1.Cl. The minimum absolute atomic E-state index is 0. The average molecular weight is 405 g/mol. The van der Waals surface area contributed by atoms with Gasteiger partial charge in [-0.1, -0.05) is 18.2 Å². The fraction of sp³-hybridized carbons (Fsp3) is 0.438. The summed E-state index contributed by atoms with van der Waals surface area (Å²) >= 11 is 1.14. The van der Waals surface area contributed by atoms with Crippen LogP contribution in [0.4, 0.5) is 0 Å². The van der Waals surface area contributed by atoms with Crippen LogP contribution in [-0.4, -0.2) is 41.1 Å². The highest BCUT2D eigenvalue weighted by Crippen LogP contribution is 2.35. The number of nitrogens with one attached hydrogen (secondary N) is 2. The molecule has 0 amide bonds. The highest BCUT2D eigenvalue weighted by Gasteiger charge is 2.29. The number of methoxy groups -OCH3 is 1. The summed E-state index contributed by atoms with van der Waals surface area (Å²) in [6.45, 7) is 2.14. The van der Waals surface area contributed by atoms with Crippen molar-refractivity contribution in [2.45, 2.75) is 17.7 Å². The molecular weight excluding hydrogens is 384 g/mol. The molecule has 9 heteroatoms. The van der Waals surface area contributed by atoms with Crippen molar-refractivity contribution in [2.75, 3.05) is 26.7 Å². The molecule has 1 atom stereocenters. The summed E-state index contributed by atoms with van der Waals surface area (Å²) in [6.07, 6.45) is 2.03. The number of rotatable bonds is 5. The molecule has 1 aromatic carbocycles. The normalized spacial score (nSPS) is 17.9. The number of hydrogen-bond donors (Lipinski definition) is 2. The van der Waals surface area contributed by atoms with Crippen LogP contribution >= 0.6 is 23.7 Å². The van der Waals surface area contributed by atoms with E-state index in [1.54, 1.807) is 18.2 Å². The van der Waals surface area contributed by atoms with Crippen molar-refractivity contribution in [3.63, 3.8) is 0 Å². The lowest BCUT2D eigenvalue weighted by molar-refractivity contribution is 0.0602. The van der Waals surface area contributed by atoms with Crippen LogP contribution in [0, 0.1) is 5.92 Å². The van der Waals surface area contributed by atoms with E-state index in [1.165, 1.54) is 7.11 Å². The molecule has 2 aromatic rings. The van der Waals surface area contributed by atoms with E-state index < -0.39 is 16.0 Å². The Balaban J connectivity index is 0.00000225. The number of fused-ring (bicyclic) bond motifs is 1. The molecule has 1 saturated heterocycles. The monoisotopic (exact) mass is 404 g/mol. The highest BCUT2D eigenvalue weighted by atomic mass is 35.5. The molecule has 1 unspecified atom stereocenters. The van der Waals surface area contributed by atoms with Gasteiger partial charge < -0.3 is 10.1 Å². The van der Waals surface area contributed by atoms with E-state index in [-0.39, 0.29) is 28.1 Å². The van der Waals surface area contributed by atoms with Crippen LogP contribution in [0.5, 0.6) is 0 Å². The maximum atomic E-state index is 12.9. The molecule has 0 saturated carbocycles. The van der Waals surface area contributed by atoms with Gasteiger partial charge in [-0.25, -0.2) is 17.9 Å². The summed E-state index contributed by atoms with van der Waals surface area (Å²) in [7, 11) is -2.54. The first kappa shape index (κ1) is 20.1. The second-order valence-electron chi connectivity index (χ2n) is 5.81. The van der Waals surface area contributed by atoms with Gasteiger partial charge in [-0.2, -0.15) is 0 Å². The van der Waals surface area contributed by atoms with Crippen molar-refractivity contribution >= 4 is 49.8 Å². The number of halogens is 1. The number of ether oxygens (including phenoxy) is 1. The lowest BCUT2D eigenvalue weighted by atomic mass is 10.0. The molecule has 0 bridgehead atoms. The Labute approximate surface area is 157 Å². The van der Waals surface area contributed by atoms with E-state index in [0.717, 1.165) is 42.0 Å². The van der Waals surface area contributed by atoms with Gasteiger partial charge in [0.15, 0.2) is 0 Å². The Morgan fingerprint density at radius 2 is 2.16 bits per heavy atom. The van der Waals surface area contributed by atoms with E-state index in [2.05, 4.69) is 10.0 Å². The zero-order valence-corrected chi connectivity index (χ0v) is 16.2. The number of thiophene rings is 1. The van der Waals surface area contributed by atoms with Crippen LogP contribution in [0.15, 0.2) is 29.2 Å². The molecule has 0 spiro atoms. The molecule has 1 aromatic heterocycles. The third-order valence-corrected chi connectivity index (χ3v) is 6.94. The Hall–Kier alpha value is -1.19. The second kappa shape index (κ2) is 8.46. The lowest BCUT2D eigenvalue weighted by Gasteiger charge is -2.22. The quantitative estimate of drug-likeness (QED) is 0.747. The van der Waals surface area contributed by atoms with E-state index in [1.807, 2.05) is 6.07 Å². The van der Waals surface area contributed by atoms with E-state index >= 15 is 0 Å². The highest BCUT2D eigenvalue weighted by molar-refractivity contribution is 7.90. The standard InChI is InChI=1S/C16H20N2O4S2.ClH/c1-22-16(19)14-15(12-6-2-3-7-13(12)23-14)24(20,21)18-10-11-5-4-8-17-9-11;/h2-3,6-7,11,17-18H,4-5,8-10H2,1H3;1H. The van der Waals surface area contributed by atoms with Gasteiger partial charge in [-0.3, -0.25) is 0 Å². The van der Waals surface area contributed by atoms with Gasteiger partial charge in [-0.05, 0) is 37.9 Å². The maximum Gasteiger partial charge on any atom is 0.349 e. The van der Waals surface area contributed by atoms with Crippen molar-refractivity contribution in [2.24, 2.45) is 5.92 Å². The molecule has 138 valence electrons. The fourth-order valence-electron chi connectivity index (χ4n) is 2.91. The summed E-state index contributed by atoms with van der Waals surface area (Å²) in [5.41, 5.74) is 0. The van der Waals surface area contributed by atoms with E-state index in [0.29, 0.717) is 11.9 Å². The molecule has 1 aliphatic heterocycles. The number of carbonyl (C=O) groups excluding carboxylic acids is 1. The van der Waals surface area contributed by atoms with Crippen molar-refractivity contribution in [3.8, 4) is 0 Å². The minimum Gasteiger partial charge on any atom is -0.465 e. The van der Waals surface area contributed by atoms with E-state index in [9.17, 15) is 13.2 Å². The number of esters is 1. The van der Waals surface area contributed by atoms with E-state index in [4.69, 9.17) is 4.74 Å². The van der Waals surface area contributed by atoms with Crippen molar-refractivity contribution < 1.29 is 17.9 Å². The van der Waals surface area contributed by atoms with Crippen LogP contribution in [0.3, 0.4) is 0 Å². The summed E-state index contributed by atoms with van der Waals surface area (Å²) in [6, 6.07) is 7.10. The first-order valence-corrected chi connectivity index (χ1v) is 10.1. The Kier molecular flexibility index (Phi) is 6.81. The number of sulfonamides is 1. The second-order valence-corrected chi connectivity index (χ2v) is 8.57. The Bertz CT molecular complexity index is 845.